The molecule has 0 aliphatic rings. The fourth-order valence-corrected chi connectivity index (χ4v) is 4.02. The molecule has 0 fully saturated rings. The highest BCUT2D eigenvalue weighted by Crippen LogP contribution is 2.20. The molecular formula is C26H28N4O3S. The Bertz CT molecular complexity index is 1180. The molecule has 0 aliphatic heterocycles. The molecule has 1 amide bonds. The van der Waals surface area contributed by atoms with E-state index in [9.17, 15) is 10.1 Å². The van der Waals surface area contributed by atoms with E-state index in [1.165, 1.54) is 17.4 Å². The lowest BCUT2D eigenvalue weighted by Crippen LogP contribution is -2.13. The summed E-state index contributed by atoms with van der Waals surface area (Å²) in [6.45, 7) is 6.93. The fraction of sp³-hybridized carbons (Fsp3) is 0.308. The first kappa shape index (κ1) is 24.9. The highest BCUT2D eigenvalue weighted by molar-refractivity contribution is 7.15. The molecule has 34 heavy (non-hydrogen) atoms. The second kappa shape index (κ2) is 12.5. The first-order valence-electron chi connectivity index (χ1n) is 11.2. The Kier molecular flexibility index (Phi) is 9.18. The standard InChI is InChI=1S/C26H28N4O3S/c1-4-5-9-24-29-30-26(34-24)28-25(31)21(17-27)15-20-7-6-8-22(16-20)32-10-11-33-23-13-18(2)12-19(3)14-23/h6-8,12-16H,4-5,9-11H2,1-3H3,(H,28,30,31). The predicted octanol–water partition coefficient (Wildman–Crippen LogP) is 5.50. The van der Waals surface area contributed by atoms with Crippen molar-refractivity contribution in [2.75, 3.05) is 18.5 Å². The van der Waals surface area contributed by atoms with Crippen LogP contribution in [0.4, 0.5) is 5.13 Å². The highest BCUT2D eigenvalue weighted by Gasteiger charge is 2.13. The lowest BCUT2D eigenvalue weighted by Gasteiger charge is -2.10. The Hall–Kier alpha value is -3.70. The van der Waals surface area contributed by atoms with Gasteiger partial charge in [-0.05, 0) is 67.3 Å². The number of hydrogen-bond donors (Lipinski definition) is 1. The van der Waals surface area contributed by atoms with Crippen LogP contribution in [-0.2, 0) is 11.2 Å². The molecule has 0 spiro atoms. The molecule has 0 radical (unpaired) electrons. The number of carbonyl (C=O) groups is 1. The van der Waals surface area contributed by atoms with Crippen molar-refractivity contribution in [1.29, 1.82) is 5.26 Å². The van der Waals surface area contributed by atoms with Gasteiger partial charge < -0.3 is 9.47 Å². The van der Waals surface area contributed by atoms with Crippen molar-refractivity contribution in [3.05, 3.63) is 69.7 Å². The van der Waals surface area contributed by atoms with E-state index < -0.39 is 5.91 Å². The maximum atomic E-state index is 12.5. The van der Waals surface area contributed by atoms with Crippen LogP contribution >= 0.6 is 11.3 Å². The van der Waals surface area contributed by atoms with E-state index in [0.29, 0.717) is 29.7 Å². The minimum atomic E-state index is -0.520. The molecule has 176 valence electrons. The van der Waals surface area contributed by atoms with Crippen molar-refractivity contribution in [1.82, 2.24) is 10.2 Å². The SMILES string of the molecule is CCCCc1nnc(NC(=O)C(C#N)=Cc2cccc(OCCOc3cc(C)cc(C)c3)c2)s1. The summed E-state index contributed by atoms with van der Waals surface area (Å²) in [4.78, 5) is 12.5. The maximum Gasteiger partial charge on any atom is 0.268 e. The summed E-state index contributed by atoms with van der Waals surface area (Å²) in [7, 11) is 0. The second-order valence-electron chi connectivity index (χ2n) is 7.82. The van der Waals surface area contributed by atoms with E-state index in [0.717, 1.165) is 41.1 Å². The number of carbonyl (C=O) groups excluding carboxylic acids is 1. The molecule has 8 heteroatoms. The normalized spacial score (nSPS) is 11.1. The van der Waals surface area contributed by atoms with Gasteiger partial charge in [0.1, 0.15) is 41.4 Å². The zero-order valence-electron chi connectivity index (χ0n) is 19.6. The van der Waals surface area contributed by atoms with E-state index in [1.54, 1.807) is 12.1 Å². The molecule has 1 N–H and O–H groups in total. The van der Waals surface area contributed by atoms with Crippen molar-refractivity contribution in [2.24, 2.45) is 0 Å². The molecule has 0 saturated carbocycles. The molecule has 0 unspecified atom stereocenters. The number of rotatable bonds is 11. The van der Waals surface area contributed by atoms with E-state index in [2.05, 4.69) is 28.5 Å². The van der Waals surface area contributed by atoms with Crippen molar-refractivity contribution in [3.8, 4) is 17.6 Å². The number of aromatic nitrogens is 2. The molecule has 0 bridgehead atoms. The van der Waals surface area contributed by atoms with Crippen LogP contribution in [0.3, 0.4) is 0 Å². The first-order chi connectivity index (χ1) is 16.5. The zero-order valence-corrected chi connectivity index (χ0v) is 20.4. The van der Waals surface area contributed by atoms with Gasteiger partial charge in [0.15, 0.2) is 0 Å². The van der Waals surface area contributed by atoms with Gasteiger partial charge in [0.25, 0.3) is 5.91 Å². The van der Waals surface area contributed by atoms with Crippen LogP contribution in [0.15, 0.2) is 48.0 Å². The number of amides is 1. The van der Waals surface area contributed by atoms with Gasteiger partial charge in [-0.2, -0.15) is 5.26 Å². The molecule has 7 nitrogen and oxygen atoms in total. The van der Waals surface area contributed by atoms with E-state index in [-0.39, 0.29) is 5.57 Å². The third-order valence-electron chi connectivity index (χ3n) is 4.78. The summed E-state index contributed by atoms with van der Waals surface area (Å²) in [5, 5.41) is 21.5. The molecule has 0 aliphatic carbocycles. The van der Waals surface area contributed by atoms with Gasteiger partial charge in [-0.25, -0.2) is 0 Å². The monoisotopic (exact) mass is 476 g/mol. The number of nitrogens with one attached hydrogen (secondary N) is 1. The molecule has 3 aromatic rings. The molecule has 3 rings (SSSR count). The summed E-state index contributed by atoms with van der Waals surface area (Å²) in [5.74, 6) is 0.921. The third kappa shape index (κ3) is 7.71. The lowest BCUT2D eigenvalue weighted by molar-refractivity contribution is -0.112. The molecule has 1 aromatic heterocycles. The Morgan fingerprint density at radius 2 is 1.82 bits per heavy atom. The Balaban J connectivity index is 1.56. The van der Waals surface area contributed by atoms with E-state index >= 15 is 0 Å². The van der Waals surface area contributed by atoms with Crippen molar-refractivity contribution >= 4 is 28.5 Å². The third-order valence-corrected chi connectivity index (χ3v) is 5.68. The van der Waals surface area contributed by atoms with E-state index in [1.807, 2.05) is 44.2 Å². The van der Waals surface area contributed by atoms with Gasteiger partial charge in [0.2, 0.25) is 5.13 Å². The Morgan fingerprint density at radius 3 is 2.53 bits per heavy atom. The van der Waals surface area contributed by atoms with Gasteiger partial charge in [-0.1, -0.05) is 42.9 Å². The second-order valence-corrected chi connectivity index (χ2v) is 8.88. The average Bonchev–Trinajstić information content (AvgIpc) is 3.25. The topological polar surface area (TPSA) is 97.1 Å². The first-order valence-corrected chi connectivity index (χ1v) is 12.0. The number of nitriles is 1. The number of aryl methyl sites for hydroxylation is 3. The van der Waals surface area contributed by atoms with Gasteiger partial charge in [-0.3, -0.25) is 10.1 Å². The van der Waals surface area contributed by atoms with Crippen molar-refractivity contribution in [3.63, 3.8) is 0 Å². The Labute approximate surface area is 204 Å². The molecule has 0 atom stereocenters. The van der Waals surface area contributed by atoms with Gasteiger partial charge >= 0.3 is 0 Å². The number of nitrogens with zero attached hydrogens (tertiary/aromatic N) is 3. The lowest BCUT2D eigenvalue weighted by atomic mass is 10.1. The predicted molar refractivity (Wildman–Crippen MR) is 134 cm³/mol. The van der Waals surface area contributed by atoms with Gasteiger partial charge in [0, 0.05) is 6.42 Å². The zero-order chi connectivity index (χ0) is 24.3. The number of anilines is 1. The van der Waals surface area contributed by atoms with Gasteiger partial charge in [0.05, 0.1) is 0 Å². The van der Waals surface area contributed by atoms with Gasteiger partial charge in [-0.15, -0.1) is 10.2 Å². The van der Waals surface area contributed by atoms with Crippen LogP contribution in [-0.4, -0.2) is 29.3 Å². The quantitative estimate of drug-likeness (QED) is 0.223. The smallest absolute Gasteiger partial charge is 0.268 e. The van der Waals surface area contributed by atoms with Crippen molar-refractivity contribution in [2.45, 2.75) is 40.0 Å². The minimum Gasteiger partial charge on any atom is -0.490 e. The van der Waals surface area contributed by atoms with Crippen LogP contribution in [0.25, 0.3) is 6.08 Å². The highest BCUT2D eigenvalue weighted by atomic mass is 32.1. The summed E-state index contributed by atoms with van der Waals surface area (Å²) >= 11 is 1.33. The van der Waals surface area contributed by atoms with Crippen molar-refractivity contribution < 1.29 is 14.3 Å². The van der Waals surface area contributed by atoms with E-state index in [4.69, 9.17) is 9.47 Å². The van der Waals surface area contributed by atoms with Crippen LogP contribution in [0.5, 0.6) is 11.5 Å². The number of benzene rings is 2. The summed E-state index contributed by atoms with van der Waals surface area (Å²) in [5.41, 5.74) is 2.95. The molecule has 0 saturated heterocycles. The Morgan fingerprint density at radius 1 is 1.09 bits per heavy atom. The van der Waals surface area contributed by atoms with Crippen LogP contribution in [0.1, 0.15) is 41.5 Å². The van der Waals surface area contributed by atoms with Crippen LogP contribution in [0.2, 0.25) is 0 Å². The number of hydrogen-bond acceptors (Lipinski definition) is 7. The number of ether oxygens (including phenoxy) is 2. The fourth-order valence-electron chi connectivity index (χ4n) is 3.24. The number of unbranched alkanes of at least 4 members (excludes halogenated alkanes) is 1. The summed E-state index contributed by atoms with van der Waals surface area (Å²) in [6.07, 6.45) is 4.42. The average molecular weight is 477 g/mol. The summed E-state index contributed by atoms with van der Waals surface area (Å²) < 4.78 is 11.6. The van der Waals surface area contributed by atoms with Crippen LogP contribution in [0, 0.1) is 25.2 Å². The molecular weight excluding hydrogens is 448 g/mol. The minimum absolute atomic E-state index is 0.0272. The maximum absolute atomic E-state index is 12.5. The molecule has 2 aromatic carbocycles. The largest absolute Gasteiger partial charge is 0.490 e. The summed E-state index contributed by atoms with van der Waals surface area (Å²) in [6, 6.07) is 15.2. The van der Waals surface area contributed by atoms with Crippen LogP contribution < -0.4 is 14.8 Å². The molecule has 1 heterocycles.